The lowest BCUT2D eigenvalue weighted by Gasteiger charge is -2.26. The molecule has 0 unspecified atom stereocenters. The molecule has 5 aromatic rings. The smallest absolute Gasteiger partial charge is 0.330 e. The first-order valence-corrected chi connectivity index (χ1v) is 17.7. The van der Waals surface area contributed by atoms with Crippen molar-refractivity contribution in [2.24, 2.45) is 0 Å². The molecule has 0 spiro atoms. The van der Waals surface area contributed by atoms with E-state index in [1.165, 1.54) is 11.1 Å². The van der Waals surface area contributed by atoms with Crippen LogP contribution < -0.4 is 14.4 Å². The van der Waals surface area contributed by atoms with Gasteiger partial charge in [-0.2, -0.15) is 0 Å². The van der Waals surface area contributed by atoms with E-state index in [0.717, 1.165) is 57.1 Å². The monoisotopic (exact) mass is 719 g/mol. The van der Waals surface area contributed by atoms with E-state index in [1.807, 2.05) is 48.5 Å². The summed E-state index contributed by atoms with van der Waals surface area (Å²) in [7, 11) is 0. The zero-order valence-electron chi connectivity index (χ0n) is 31.0. The van der Waals surface area contributed by atoms with E-state index < -0.39 is 11.9 Å². The van der Waals surface area contributed by atoms with Crippen molar-refractivity contribution < 1.29 is 28.5 Å². The molecule has 0 aliphatic heterocycles. The molecule has 0 heterocycles. The van der Waals surface area contributed by atoms with Crippen LogP contribution in [0.3, 0.4) is 0 Å². The number of anilines is 3. The van der Waals surface area contributed by atoms with Gasteiger partial charge in [0.2, 0.25) is 0 Å². The van der Waals surface area contributed by atoms with Crippen LogP contribution in [0.1, 0.15) is 34.7 Å². The Balaban J connectivity index is 1.39. The summed E-state index contributed by atoms with van der Waals surface area (Å²) in [6.45, 7) is 13.8. The molecular formula is C47H45NO6. The maximum Gasteiger partial charge on any atom is 0.330 e. The zero-order valence-corrected chi connectivity index (χ0v) is 31.0. The number of hydrogen-bond acceptors (Lipinski definition) is 7. The van der Waals surface area contributed by atoms with Crippen LogP contribution in [0, 0.1) is 13.8 Å². The van der Waals surface area contributed by atoms with E-state index in [-0.39, 0.29) is 26.4 Å². The normalized spacial score (nSPS) is 10.8. The summed E-state index contributed by atoms with van der Waals surface area (Å²) in [5.74, 6) is 0.349. The Labute approximate surface area is 318 Å². The third-order valence-corrected chi connectivity index (χ3v) is 8.36. The predicted octanol–water partition coefficient (Wildman–Crippen LogP) is 10.5. The number of benzene rings is 5. The first-order valence-electron chi connectivity index (χ1n) is 17.7. The summed E-state index contributed by atoms with van der Waals surface area (Å²) in [5, 5.41) is 0. The van der Waals surface area contributed by atoms with Gasteiger partial charge in [0.25, 0.3) is 0 Å². The fraction of sp³-hybridized carbons (Fsp3) is 0.149. The number of hydrogen-bond donors (Lipinski definition) is 0. The fourth-order valence-corrected chi connectivity index (χ4v) is 5.60. The Morgan fingerprint density at radius 3 is 1.33 bits per heavy atom. The average Bonchev–Trinajstić information content (AvgIpc) is 3.19. The molecule has 0 fully saturated rings. The molecule has 0 amide bonds. The van der Waals surface area contributed by atoms with Crippen LogP contribution in [0.4, 0.5) is 17.1 Å². The van der Waals surface area contributed by atoms with Crippen molar-refractivity contribution in [2.45, 2.75) is 20.8 Å². The summed E-state index contributed by atoms with van der Waals surface area (Å²) < 4.78 is 21.6. The van der Waals surface area contributed by atoms with Crippen LogP contribution in [0.2, 0.25) is 0 Å². The molecule has 274 valence electrons. The highest BCUT2D eigenvalue weighted by atomic mass is 16.6. The maximum absolute atomic E-state index is 11.3. The summed E-state index contributed by atoms with van der Waals surface area (Å²) in [6, 6.07) is 41.3. The van der Waals surface area contributed by atoms with Crippen molar-refractivity contribution in [1.82, 2.24) is 0 Å². The van der Waals surface area contributed by atoms with E-state index in [1.54, 1.807) is 0 Å². The molecular weight excluding hydrogens is 675 g/mol. The second-order valence-electron chi connectivity index (χ2n) is 12.5. The Kier molecular flexibility index (Phi) is 13.8. The average molecular weight is 720 g/mol. The van der Waals surface area contributed by atoms with Crippen LogP contribution in [-0.2, 0) is 19.1 Å². The number of rotatable bonds is 17. The van der Waals surface area contributed by atoms with E-state index in [2.05, 4.69) is 124 Å². The highest BCUT2D eigenvalue weighted by Crippen LogP contribution is 2.35. The third kappa shape index (κ3) is 11.2. The van der Waals surface area contributed by atoms with Gasteiger partial charge < -0.3 is 23.8 Å². The van der Waals surface area contributed by atoms with Crippen LogP contribution in [0.25, 0.3) is 11.6 Å². The lowest BCUT2D eigenvalue weighted by molar-refractivity contribution is -0.139. The standard InChI is InChI=1S/C47H45NO6/c1-6-46(49)53-30-28-51-43-24-14-38(15-25-43)45(39-16-26-44(27-17-39)52-29-31-54-47(50)7-2)33-36(5)32-37-12-22-42(23-13-37)48(40-18-8-34(3)9-19-40)41-20-10-35(4)11-21-41/h6-27,32-33H,1-2,28-31H2,3-5H3. The minimum Gasteiger partial charge on any atom is -0.490 e. The minimum atomic E-state index is -0.484. The molecule has 0 N–H and O–H groups in total. The Hall–Kier alpha value is -6.60. The van der Waals surface area contributed by atoms with Gasteiger partial charge in [0, 0.05) is 29.2 Å². The molecule has 0 saturated heterocycles. The minimum absolute atomic E-state index is 0.129. The van der Waals surface area contributed by atoms with Crippen LogP contribution in [-0.4, -0.2) is 38.4 Å². The van der Waals surface area contributed by atoms with E-state index >= 15 is 0 Å². The van der Waals surface area contributed by atoms with Crippen molar-refractivity contribution in [3.63, 3.8) is 0 Å². The molecule has 0 aliphatic carbocycles. The molecule has 7 nitrogen and oxygen atoms in total. The Morgan fingerprint density at radius 2 is 0.944 bits per heavy atom. The molecule has 0 aromatic heterocycles. The van der Waals surface area contributed by atoms with Crippen LogP contribution in [0.5, 0.6) is 11.5 Å². The Morgan fingerprint density at radius 1 is 0.556 bits per heavy atom. The molecule has 5 rings (SSSR count). The molecule has 0 bridgehead atoms. The molecule has 5 aromatic carbocycles. The zero-order chi connectivity index (χ0) is 38.3. The van der Waals surface area contributed by atoms with Crippen molar-refractivity contribution in [2.75, 3.05) is 31.3 Å². The molecule has 0 aliphatic rings. The largest absolute Gasteiger partial charge is 0.490 e. The second kappa shape index (κ2) is 19.3. The number of carbonyl (C=O) groups excluding carboxylic acids is 2. The van der Waals surface area contributed by atoms with Crippen molar-refractivity contribution in [3.05, 3.63) is 186 Å². The summed E-state index contributed by atoms with van der Waals surface area (Å²) in [4.78, 5) is 24.9. The van der Waals surface area contributed by atoms with Gasteiger partial charge in [0.05, 0.1) is 0 Å². The number of nitrogens with zero attached hydrogens (tertiary/aromatic N) is 1. The van der Waals surface area contributed by atoms with Gasteiger partial charge in [-0.15, -0.1) is 0 Å². The van der Waals surface area contributed by atoms with Crippen molar-refractivity contribution in [1.29, 1.82) is 0 Å². The molecule has 7 heteroatoms. The van der Waals surface area contributed by atoms with E-state index in [4.69, 9.17) is 18.9 Å². The summed E-state index contributed by atoms with van der Waals surface area (Å²) in [6.07, 6.45) is 6.57. The van der Waals surface area contributed by atoms with Gasteiger partial charge in [-0.05, 0) is 109 Å². The highest BCUT2D eigenvalue weighted by molar-refractivity contribution is 5.84. The first-order chi connectivity index (χ1) is 26.2. The molecule has 0 radical (unpaired) electrons. The van der Waals surface area contributed by atoms with Crippen LogP contribution >= 0.6 is 0 Å². The summed E-state index contributed by atoms with van der Waals surface area (Å²) >= 11 is 0. The number of allylic oxidation sites excluding steroid dienone is 2. The van der Waals surface area contributed by atoms with Gasteiger partial charge in [0.15, 0.2) is 0 Å². The van der Waals surface area contributed by atoms with Crippen molar-refractivity contribution >= 4 is 40.6 Å². The number of carbonyl (C=O) groups is 2. The van der Waals surface area contributed by atoms with Gasteiger partial charge in [-0.1, -0.05) is 97.1 Å². The SMILES string of the molecule is C=CC(=O)OCCOc1ccc(C(=CC(C)=Cc2ccc(N(c3ccc(C)cc3)c3ccc(C)cc3)cc2)c2ccc(OCCOC(=O)C=C)cc2)cc1. The lowest BCUT2D eigenvalue weighted by Crippen LogP contribution is -2.10. The Bertz CT molecular complexity index is 1960. The van der Waals surface area contributed by atoms with E-state index in [0.29, 0.717) is 11.5 Å². The van der Waals surface area contributed by atoms with Gasteiger partial charge >= 0.3 is 11.9 Å². The quantitative estimate of drug-likeness (QED) is 0.0410. The van der Waals surface area contributed by atoms with E-state index in [9.17, 15) is 9.59 Å². The predicted molar refractivity (Wildman–Crippen MR) is 218 cm³/mol. The van der Waals surface area contributed by atoms with Crippen molar-refractivity contribution in [3.8, 4) is 11.5 Å². The maximum atomic E-state index is 11.3. The molecule has 0 atom stereocenters. The molecule has 0 saturated carbocycles. The number of aryl methyl sites for hydroxylation is 2. The second-order valence-corrected chi connectivity index (χ2v) is 12.5. The van der Waals surface area contributed by atoms with Crippen LogP contribution in [0.15, 0.2) is 158 Å². The fourth-order valence-electron chi connectivity index (χ4n) is 5.60. The first kappa shape index (κ1) is 38.6. The van der Waals surface area contributed by atoms with Gasteiger partial charge in [-0.25, -0.2) is 9.59 Å². The summed E-state index contributed by atoms with van der Waals surface area (Å²) in [5.41, 5.74) is 10.8. The number of esters is 2. The highest BCUT2D eigenvalue weighted by Gasteiger charge is 2.13. The lowest BCUT2D eigenvalue weighted by atomic mass is 9.95. The topological polar surface area (TPSA) is 74.3 Å². The van der Waals surface area contributed by atoms with Gasteiger partial charge in [-0.3, -0.25) is 0 Å². The van der Waals surface area contributed by atoms with Gasteiger partial charge in [0.1, 0.15) is 37.9 Å². The third-order valence-electron chi connectivity index (χ3n) is 8.36. The molecule has 54 heavy (non-hydrogen) atoms. The number of ether oxygens (including phenoxy) is 4.